The SMILES string of the molecule is CCOC(=O)NN(C(=O)OCC)C1CCCCCC1=O. The molecule has 0 bridgehead atoms. The molecule has 0 saturated heterocycles. The standard InChI is InChI=1S/C13H22N2O5/c1-3-19-12(17)14-15(13(18)20-4-2)10-8-6-5-7-9-11(10)16/h10H,3-9H2,1-2H3,(H,14,17). The van der Waals surface area contributed by atoms with E-state index in [1.165, 1.54) is 0 Å². The smallest absolute Gasteiger partial charge is 0.429 e. The van der Waals surface area contributed by atoms with Crippen molar-refractivity contribution in [2.45, 2.75) is 52.0 Å². The molecule has 1 saturated carbocycles. The summed E-state index contributed by atoms with van der Waals surface area (Å²) in [5.74, 6) is -0.0626. The Bertz CT molecular complexity index is 359. The molecule has 1 fully saturated rings. The van der Waals surface area contributed by atoms with Crippen molar-refractivity contribution in [1.82, 2.24) is 10.4 Å². The predicted molar refractivity (Wildman–Crippen MR) is 70.9 cm³/mol. The number of rotatable bonds is 3. The van der Waals surface area contributed by atoms with Gasteiger partial charge >= 0.3 is 12.2 Å². The van der Waals surface area contributed by atoms with Gasteiger partial charge < -0.3 is 9.47 Å². The number of hydrazine groups is 1. The second-order valence-electron chi connectivity index (χ2n) is 4.48. The summed E-state index contributed by atoms with van der Waals surface area (Å²) in [5, 5.41) is 0.967. The minimum Gasteiger partial charge on any atom is -0.449 e. The first-order valence-corrected chi connectivity index (χ1v) is 7.02. The van der Waals surface area contributed by atoms with Gasteiger partial charge in [0.1, 0.15) is 6.04 Å². The van der Waals surface area contributed by atoms with Crippen molar-refractivity contribution in [2.24, 2.45) is 0 Å². The summed E-state index contributed by atoms with van der Waals surface area (Å²) in [6.45, 7) is 3.67. The molecule has 0 radical (unpaired) electrons. The van der Waals surface area contributed by atoms with Crippen molar-refractivity contribution < 1.29 is 23.9 Å². The maximum atomic E-state index is 12.1. The monoisotopic (exact) mass is 286 g/mol. The van der Waals surface area contributed by atoms with Crippen LogP contribution < -0.4 is 5.43 Å². The van der Waals surface area contributed by atoms with E-state index in [1.54, 1.807) is 13.8 Å². The molecule has 0 spiro atoms. The molecule has 7 nitrogen and oxygen atoms in total. The number of carbonyl (C=O) groups excluding carboxylic acids is 3. The van der Waals surface area contributed by atoms with E-state index in [4.69, 9.17) is 9.47 Å². The van der Waals surface area contributed by atoms with E-state index in [0.29, 0.717) is 12.8 Å². The number of nitrogens with one attached hydrogen (secondary N) is 1. The highest BCUT2D eigenvalue weighted by molar-refractivity contribution is 5.88. The van der Waals surface area contributed by atoms with E-state index in [1.807, 2.05) is 0 Å². The van der Waals surface area contributed by atoms with Crippen molar-refractivity contribution >= 4 is 18.0 Å². The van der Waals surface area contributed by atoms with Gasteiger partial charge in [-0.2, -0.15) is 0 Å². The van der Waals surface area contributed by atoms with Gasteiger partial charge in [-0.25, -0.2) is 20.0 Å². The summed E-state index contributed by atoms with van der Waals surface area (Å²) in [6.07, 6.45) is 2.01. The quantitative estimate of drug-likeness (QED) is 0.633. The minimum absolute atomic E-state index is 0.0626. The number of hydrogen-bond acceptors (Lipinski definition) is 5. The molecule has 2 amide bonds. The first kappa shape index (κ1) is 16.3. The lowest BCUT2D eigenvalue weighted by Gasteiger charge is -2.28. The fraction of sp³-hybridized carbons (Fsp3) is 0.769. The third-order valence-electron chi connectivity index (χ3n) is 3.04. The van der Waals surface area contributed by atoms with Gasteiger partial charge in [0.15, 0.2) is 5.78 Å². The molecule has 0 aromatic heterocycles. The fourth-order valence-corrected chi connectivity index (χ4v) is 2.12. The molecule has 0 aromatic carbocycles. The van der Waals surface area contributed by atoms with Gasteiger partial charge in [0.25, 0.3) is 0 Å². The summed E-state index contributed by atoms with van der Waals surface area (Å²) < 4.78 is 9.64. The Balaban J connectivity index is 2.81. The molecular formula is C13H22N2O5. The summed E-state index contributed by atoms with van der Waals surface area (Å²) in [6, 6.07) is -0.680. The number of hydrogen-bond donors (Lipinski definition) is 1. The van der Waals surface area contributed by atoms with Gasteiger partial charge in [-0.1, -0.05) is 12.8 Å². The lowest BCUT2D eigenvalue weighted by Crippen LogP contribution is -2.54. The van der Waals surface area contributed by atoms with Gasteiger partial charge in [-0.3, -0.25) is 4.79 Å². The van der Waals surface area contributed by atoms with Crippen LogP contribution in [-0.4, -0.2) is 42.2 Å². The fourth-order valence-electron chi connectivity index (χ4n) is 2.12. The number of Topliss-reactive ketones (excluding diaryl/α,β-unsaturated/α-hetero) is 1. The van der Waals surface area contributed by atoms with Crippen LogP contribution in [0.15, 0.2) is 0 Å². The number of carbonyl (C=O) groups is 3. The molecule has 114 valence electrons. The van der Waals surface area contributed by atoms with Crippen LogP contribution in [0.25, 0.3) is 0 Å². The summed E-state index contributed by atoms with van der Waals surface area (Å²) >= 11 is 0. The van der Waals surface area contributed by atoms with E-state index in [9.17, 15) is 14.4 Å². The van der Waals surface area contributed by atoms with Crippen LogP contribution in [0.2, 0.25) is 0 Å². The zero-order chi connectivity index (χ0) is 15.0. The molecule has 1 rings (SSSR count). The van der Waals surface area contributed by atoms with Crippen LogP contribution in [0.5, 0.6) is 0 Å². The average Bonchev–Trinajstić information content (AvgIpc) is 2.61. The van der Waals surface area contributed by atoms with Crippen LogP contribution in [0.1, 0.15) is 46.0 Å². The minimum atomic E-state index is -0.766. The number of amides is 2. The largest absolute Gasteiger partial charge is 0.449 e. The van der Waals surface area contributed by atoms with E-state index in [2.05, 4.69) is 5.43 Å². The van der Waals surface area contributed by atoms with Gasteiger partial charge in [0.05, 0.1) is 13.2 Å². The number of ether oxygens (including phenoxy) is 2. The van der Waals surface area contributed by atoms with Gasteiger partial charge in [0, 0.05) is 6.42 Å². The van der Waals surface area contributed by atoms with Crippen molar-refractivity contribution in [1.29, 1.82) is 0 Å². The molecule has 1 N–H and O–H groups in total. The zero-order valence-corrected chi connectivity index (χ0v) is 12.0. The van der Waals surface area contributed by atoms with E-state index < -0.39 is 18.2 Å². The second-order valence-corrected chi connectivity index (χ2v) is 4.48. The normalized spacial score (nSPS) is 18.9. The van der Waals surface area contributed by atoms with Gasteiger partial charge in [0.2, 0.25) is 0 Å². The first-order chi connectivity index (χ1) is 9.60. The molecule has 1 aliphatic carbocycles. The van der Waals surface area contributed by atoms with Crippen LogP contribution in [0, 0.1) is 0 Å². The molecule has 0 aliphatic heterocycles. The first-order valence-electron chi connectivity index (χ1n) is 7.02. The van der Waals surface area contributed by atoms with Crippen molar-refractivity contribution in [3.63, 3.8) is 0 Å². The maximum absolute atomic E-state index is 12.1. The highest BCUT2D eigenvalue weighted by atomic mass is 16.6. The molecule has 0 aromatic rings. The Morgan fingerprint density at radius 2 is 1.90 bits per heavy atom. The Labute approximate surface area is 118 Å². The van der Waals surface area contributed by atoms with Crippen LogP contribution in [0.4, 0.5) is 9.59 Å². The molecule has 1 unspecified atom stereocenters. The topological polar surface area (TPSA) is 84.9 Å². The average molecular weight is 286 g/mol. The van der Waals surface area contributed by atoms with Gasteiger partial charge in [-0.15, -0.1) is 0 Å². The summed E-state index contributed by atoms with van der Waals surface area (Å²) in [7, 11) is 0. The molecule has 1 atom stereocenters. The molecular weight excluding hydrogens is 264 g/mol. The zero-order valence-electron chi connectivity index (χ0n) is 12.0. The van der Waals surface area contributed by atoms with Crippen molar-refractivity contribution in [3.05, 3.63) is 0 Å². The van der Waals surface area contributed by atoms with E-state index >= 15 is 0 Å². The lowest BCUT2D eigenvalue weighted by molar-refractivity contribution is -0.124. The highest BCUT2D eigenvalue weighted by Gasteiger charge is 2.33. The molecule has 7 heteroatoms. The second kappa shape index (κ2) is 8.39. The maximum Gasteiger partial charge on any atom is 0.429 e. The third kappa shape index (κ3) is 4.71. The van der Waals surface area contributed by atoms with E-state index in [0.717, 1.165) is 24.3 Å². The molecule has 0 heterocycles. The van der Waals surface area contributed by atoms with Gasteiger partial charge in [-0.05, 0) is 26.7 Å². The molecule has 1 aliphatic rings. The Morgan fingerprint density at radius 3 is 2.55 bits per heavy atom. The van der Waals surface area contributed by atoms with Crippen LogP contribution >= 0.6 is 0 Å². The lowest BCUT2D eigenvalue weighted by atomic mass is 10.1. The summed E-state index contributed by atoms with van der Waals surface area (Å²) in [4.78, 5) is 35.5. The van der Waals surface area contributed by atoms with Crippen molar-refractivity contribution in [2.75, 3.05) is 13.2 Å². The Hall–Kier alpha value is -1.79. The van der Waals surface area contributed by atoms with Crippen LogP contribution in [0.3, 0.4) is 0 Å². The predicted octanol–water partition coefficient (Wildman–Crippen LogP) is 2.01. The number of nitrogens with zero attached hydrogens (tertiary/aromatic N) is 1. The third-order valence-corrected chi connectivity index (χ3v) is 3.04. The Morgan fingerprint density at radius 1 is 1.20 bits per heavy atom. The highest BCUT2D eigenvalue weighted by Crippen LogP contribution is 2.19. The summed E-state index contributed by atoms with van der Waals surface area (Å²) in [5.41, 5.74) is 2.31. The van der Waals surface area contributed by atoms with Crippen molar-refractivity contribution in [3.8, 4) is 0 Å². The van der Waals surface area contributed by atoms with E-state index in [-0.39, 0.29) is 19.0 Å². The Kier molecular flexibility index (Phi) is 6.83. The molecule has 20 heavy (non-hydrogen) atoms. The van der Waals surface area contributed by atoms with Crippen LogP contribution in [-0.2, 0) is 14.3 Å². The number of ketones is 1.